The Morgan fingerprint density at radius 3 is 1.27 bits per heavy atom. The van der Waals surface area contributed by atoms with Gasteiger partial charge in [-0.1, -0.05) is 48.5 Å². The summed E-state index contributed by atoms with van der Waals surface area (Å²) in [6.07, 6.45) is 3.70. The molecule has 0 heterocycles. The fraction of sp³-hybridized carbons (Fsp3) is 0.200. The molecule has 0 fully saturated rings. The minimum Gasteiger partial charge on any atom is -0.369 e. The fourth-order valence-corrected chi connectivity index (χ4v) is 3.27. The second-order valence-electron chi connectivity index (χ2n) is 6.21. The average Bonchev–Trinajstić information content (AvgIpc) is 2.74. The fourth-order valence-electron chi connectivity index (χ4n) is 3.27. The van der Waals surface area contributed by atoms with E-state index in [0.717, 1.165) is 22.3 Å². The Bertz CT molecular complexity index is 832. The van der Waals surface area contributed by atoms with Crippen LogP contribution >= 0.6 is 48.0 Å². The van der Waals surface area contributed by atoms with Gasteiger partial charge in [0.25, 0.3) is 0 Å². The van der Waals surface area contributed by atoms with Crippen molar-refractivity contribution in [2.75, 3.05) is 14.1 Å². The van der Waals surface area contributed by atoms with Crippen LogP contribution in [0.25, 0.3) is 0 Å². The van der Waals surface area contributed by atoms with Gasteiger partial charge >= 0.3 is 0 Å². The number of aliphatic imine (C=N–C) groups is 2. The first kappa shape index (κ1) is 25.8. The van der Waals surface area contributed by atoms with Crippen molar-refractivity contribution in [3.8, 4) is 0 Å². The number of fused-ring (bicyclic) bond motifs is 2. The lowest BCUT2D eigenvalue weighted by molar-refractivity contribution is 0.895. The number of nitrogens with two attached hydrogens (primary N) is 2. The number of nitrogens with one attached hydrogen (secondary N) is 2. The zero-order chi connectivity index (χ0) is 19.9. The summed E-state index contributed by atoms with van der Waals surface area (Å²) in [5, 5.41) is 8.55. The molecule has 160 valence electrons. The Balaban J connectivity index is 0.00000225. The summed E-state index contributed by atoms with van der Waals surface area (Å²) >= 11 is 0. The third kappa shape index (κ3) is 5.90. The minimum atomic E-state index is -0.00978. The van der Waals surface area contributed by atoms with Gasteiger partial charge in [0.05, 0.1) is 0 Å². The number of nitrogens with zero attached hydrogens (tertiary/aromatic N) is 4. The van der Waals surface area contributed by atoms with Crippen LogP contribution in [0.5, 0.6) is 0 Å². The van der Waals surface area contributed by atoms with Gasteiger partial charge < -0.3 is 11.5 Å². The van der Waals surface area contributed by atoms with Crippen molar-refractivity contribution in [1.82, 2.24) is 10.9 Å². The van der Waals surface area contributed by atoms with Crippen molar-refractivity contribution in [2.24, 2.45) is 31.7 Å². The van der Waals surface area contributed by atoms with Gasteiger partial charge in [0.1, 0.15) is 0 Å². The van der Waals surface area contributed by atoms with Crippen LogP contribution in [-0.2, 0) is 0 Å². The Morgan fingerprint density at radius 2 is 1.00 bits per heavy atom. The number of halogens is 2. The van der Waals surface area contributed by atoms with Crippen LogP contribution in [-0.4, -0.2) is 38.4 Å². The van der Waals surface area contributed by atoms with E-state index in [1.807, 2.05) is 36.7 Å². The van der Waals surface area contributed by atoms with Gasteiger partial charge in [-0.05, 0) is 22.3 Å². The first-order chi connectivity index (χ1) is 13.7. The maximum absolute atomic E-state index is 5.67. The molecule has 0 spiro atoms. The van der Waals surface area contributed by atoms with Crippen molar-refractivity contribution in [2.45, 2.75) is 11.8 Å². The molecule has 0 radical (unpaired) electrons. The van der Waals surface area contributed by atoms with Crippen molar-refractivity contribution < 1.29 is 0 Å². The van der Waals surface area contributed by atoms with Crippen molar-refractivity contribution in [3.63, 3.8) is 0 Å². The Morgan fingerprint density at radius 1 is 0.700 bits per heavy atom. The monoisotopic (exact) mass is 632 g/mol. The van der Waals surface area contributed by atoms with E-state index in [-0.39, 0.29) is 71.7 Å². The Hall–Kier alpha value is -2.22. The molecule has 0 saturated carbocycles. The predicted molar refractivity (Wildman–Crippen MR) is 146 cm³/mol. The van der Waals surface area contributed by atoms with Crippen molar-refractivity contribution >= 4 is 72.3 Å². The normalized spacial score (nSPS) is 18.2. The number of hydrazone groups is 2. The van der Waals surface area contributed by atoms with E-state index in [9.17, 15) is 0 Å². The van der Waals surface area contributed by atoms with E-state index in [0.29, 0.717) is 0 Å². The van der Waals surface area contributed by atoms with Crippen LogP contribution in [0.1, 0.15) is 34.1 Å². The quantitative estimate of drug-likeness (QED) is 0.179. The molecule has 2 aromatic rings. The lowest BCUT2D eigenvalue weighted by Gasteiger charge is -2.30. The molecule has 0 unspecified atom stereocenters. The molecule has 2 aromatic carbocycles. The smallest absolute Gasteiger partial charge is 0.209 e. The highest BCUT2D eigenvalue weighted by molar-refractivity contribution is 14.0. The van der Waals surface area contributed by atoms with Crippen LogP contribution in [0.2, 0.25) is 0 Å². The molecule has 6 N–H and O–H groups in total. The maximum atomic E-state index is 5.67. The first-order valence-electron chi connectivity index (χ1n) is 8.86. The molecule has 10 heteroatoms. The third-order valence-corrected chi connectivity index (χ3v) is 4.62. The Labute approximate surface area is 210 Å². The molecule has 0 aromatic heterocycles. The maximum Gasteiger partial charge on any atom is 0.209 e. The standard InChI is InChI=1S/C20H24N8.2HI/c1-23-19(21)27-25-11-17-13-7-3-5-9-15(13)18(12-26-28-20(22)24-2)16-10-6-4-8-14(16)17;;/h3-12,17-18H,1-2H3,(H3,21,23,27)(H3,22,24,28);2*1H. The largest absolute Gasteiger partial charge is 0.369 e. The number of hydrogen-bond donors (Lipinski definition) is 4. The van der Waals surface area contributed by atoms with Gasteiger partial charge in [0, 0.05) is 38.4 Å². The second-order valence-corrected chi connectivity index (χ2v) is 6.21. The SMILES string of the molecule is CN=C(N)NN=CC1c2ccccc2C(C=NNC(N)=NC)c2ccccc21.I.I. The third-order valence-electron chi connectivity index (χ3n) is 4.62. The van der Waals surface area contributed by atoms with Gasteiger partial charge in [-0.15, -0.1) is 48.0 Å². The summed E-state index contributed by atoms with van der Waals surface area (Å²) < 4.78 is 0. The molecule has 0 saturated heterocycles. The minimum absolute atomic E-state index is 0. The number of rotatable bonds is 4. The average molecular weight is 632 g/mol. The molecule has 30 heavy (non-hydrogen) atoms. The van der Waals surface area contributed by atoms with E-state index in [2.05, 4.69) is 55.3 Å². The van der Waals surface area contributed by atoms with E-state index < -0.39 is 0 Å². The number of hydrogen-bond acceptors (Lipinski definition) is 4. The summed E-state index contributed by atoms with van der Waals surface area (Å²) in [4.78, 5) is 7.70. The van der Waals surface area contributed by atoms with E-state index in [1.54, 1.807) is 14.1 Å². The van der Waals surface area contributed by atoms with Crippen LogP contribution in [0.15, 0.2) is 68.7 Å². The highest BCUT2D eigenvalue weighted by Crippen LogP contribution is 2.41. The zero-order valence-electron chi connectivity index (χ0n) is 16.7. The van der Waals surface area contributed by atoms with Gasteiger partial charge in [-0.2, -0.15) is 10.2 Å². The lowest BCUT2D eigenvalue weighted by atomic mass is 9.73. The molecule has 0 atom stereocenters. The molecule has 1 aliphatic rings. The summed E-state index contributed by atoms with van der Waals surface area (Å²) in [5.74, 6) is 0.508. The summed E-state index contributed by atoms with van der Waals surface area (Å²) in [7, 11) is 3.22. The summed E-state index contributed by atoms with van der Waals surface area (Å²) in [6, 6.07) is 16.5. The van der Waals surface area contributed by atoms with Gasteiger partial charge in [0.15, 0.2) is 0 Å². The molecule has 1 aliphatic carbocycles. The van der Waals surface area contributed by atoms with Gasteiger partial charge in [0.2, 0.25) is 11.9 Å². The van der Waals surface area contributed by atoms with Crippen molar-refractivity contribution in [1.29, 1.82) is 0 Å². The number of guanidine groups is 2. The highest BCUT2D eigenvalue weighted by atomic mass is 127. The molecule has 0 bridgehead atoms. The summed E-state index contributed by atoms with van der Waals surface area (Å²) in [5.41, 5.74) is 21.5. The van der Waals surface area contributed by atoms with E-state index >= 15 is 0 Å². The van der Waals surface area contributed by atoms with Crippen LogP contribution < -0.4 is 22.3 Å². The molecule has 0 amide bonds. The van der Waals surface area contributed by atoms with Crippen molar-refractivity contribution in [3.05, 3.63) is 70.8 Å². The zero-order valence-corrected chi connectivity index (χ0v) is 21.3. The Kier molecular flexibility index (Phi) is 10.7. The molecule has 3 rings (SSSR count). The molecular formula is C20H26I2N8. The highest BCUT2D eigenvalue weighted by Gasteiger charge is 2.30. The topological polar surface area (TPSA) is 126 Å². The first-order valence-corrected chi connectivity index (χ1v) is 8.86. The van der Waals surface area contributed by atoms with Crippen LogP contribution in [0.4, 0.5) is 0 Å². The summed E-state index contributed by atoms with van der Waals surface area (Å²) in [6.45, 7) is 0. The van der Waals surface area contributed by atoms with E-state index in [4.69, 9.17) is 11.5 Å². The van der Waals surface area contributed by atoms with Gasteiger partial charge in [-0.3, -0.25) is 9.98 Å². The second kappa shape index (κ2) is 12.5. The molecule has 0 aliphatic heterocycles. The van der Waals surface area contributed by atoms with Crippen LogP contribution in [0.3, 0.4) is 0 Å². The number of benzene rings is 2. The molecule has 8 nitrogen and oxygen atoms in total. The van der Waals surface area contributed by atoms with Crippen LogP contribution in [0, 0.1) is 0 Å². The van der Waals surface area contributed by atoms with E-state index in [1.165, 1.54) is 0 Å². The predicted octanol–water partition coefficient (Wildman–Crippen LogP) is 2.54. The lowest BCUT2D eigenvalue weighted by Crippen LogP contribution is -2.28. The molecular weight excluding hydrogens is 606 g/mol. The van der Waals surface area contributed by atoms with Gasteiger partial charge in [-0.25, -0.2) is 10.9 Å².